The van der Waals surface area contributed by atoms with Crippen molar-refractivity contribution in [3.63, 3.8) is 0 Å². The summed E-state index contributed by atoms with van der Waals surface area (Å²) in [5, 5.41) is 12.2. The molecule has 0 radical (unpaired) electrons. The summed E-state index contributed by atoms with van der Waals surface area (Å²) in [7, 11) is 3.69. The molecule has 0 atom stereocenters. The summed E-state index contributed by atoms with van der Waals surface area (Å²) in [4.78, 5) is 0. The van der Waals surface area contributed by atoms with Crippen molar-refractivity contribution in [3.8, 4) is 11.1 Å². The van der Waals surface area contributed by atoms with Gasteiger partial charge in [-0.3, -0.25) is 4.68 Å². The molecule has 0 spiro atoms. The SMILES string of the molecule is Cn1ncc(-c2ccc3c(c2)nnn3C)c1N. The van der Waals surface area contributed by atoms with E-state index in [0.29, 0.717) is 5.82 Å². The number of hydrogen-bond acceptors (Lipinski definition) is 4. The Kier molecular flexibility index (Phi) is 1.91. The van der Waals surface area contributed by atoms with Gasteiger partial charge in [0.15, 0.2) is 0 Å². The number of rotatable bonds is 1. The highest BCUT2D eigenvalue weighted by Crippen LogP contribution is 2.27. The molecule has 86 valence electrons. The maximum atomic E-state index is 5.94. The normalized spacial score (nSPS) is 11.2. The number of aromatic nitrogens is 5. The van der Waals surface area contributed by atoms with Gasteiger partial charge in [0.05, 0.1) is 11.7 Å². The number of fused-ring (bicyclic) bond motifs is 1. The fraction of sp³-hybridized carbons (Fsp3) is 0.182. The zero-order valence-electron chi connectivity index (χ0n) is 9.62. The van der Waals surface area contributed by atoms with E-state index in [1.165, 1.54) is 0 Å². The molecule has 2 N–H and O–H groups in total. The van der Waals surface area contributed by atoms with Crippen molar-refractivity contribution in [1.82, 2.24) is 24.8 Å². The van der Waals surface area contributed by atoms with Crippen LogP contribution in [-0.2, 0) is 14.1 Å². The minimum absolute atomic E-state index is 0.647. The first kappa shape index (κ1) is 9.83. The fourth-order valence-corrected chi connectivity index (χ4v) is 1.88. The quantitative estimate of drug-likeness (QED) is 0.673. The largest absolute Gasteiger partial charge is 0.383 e. The summed E-state index contributed by atoms with van der Waals surface area (Å²) in [5.74, 6) is 0.647. The molecular formula is C11H12N6. The van der Waals surface area contributed by atoms with Crippen LogP contribution in [0.2, 0.25) is 0 Å². The highest BCUT2D eigenvalue weighted by Gasteiger charge is 2.09. The molecule has 0 amide bonds. The van der Waals surface area contributed by atoms with Crippen LogP contribution in [0.4, 0.5) is 5.82 Å². The zero-order chi connectivity index (χ0) is 12.0. The van der Waals surface area contributed by atoms with Crippen LogP contribution in [0.25, 0.3) is 22.2 Å². The van der Waals surface area contributed by atoms with Crippen molar-refractivity contribution in [2.45, 2.75) is 0 Å². The first-order chi connectivity index (χ1) is 8.16. The molecule has 0 bridgehead atoms. The number of benzene rings is 1. The highest BCUT2D eigenvalue weighted by molar-refractivity contribution is 5.84. The molecule has 2 heterocycles. The van der Waals surface area contributed by atoms with E-state index >= 15 is 0 Å². The molecule has 0 aliphatic heterocycles. The van der Waals surface area contributed by atoms with Crippen molar-refractivity contribution < 1.29 is 0 Å². The smallest absolute Gasteiger partial charge is 0.129 e. The van der Waals surface area contributed by atoms with Crippen molar-refractivity contribution in [1.29, 1.82) is 0 Å². The van der Waals surface area contributed by atoms with Crippen molar-refractivity contribution in [3.05, 3.63) is 24.4 Å². The van der Waals surface area contributed by atoms with Crippen molar-refractivity contribution in [2.75, 3.05) is 5.73 Å². The summed E-state index contributed by atoms with van der Waals surface area (Å²) in [6.07, 6.45) is 1.76. The topological polar surface area (TPSA) is 74.5 Å². The summed E-state index contributed by atoms with van der Waals surface area (Å²) in [5.41, 5.74) is 9.71. The molecule has 3 aromatic rings. The Morgan fingerprint density at radius 3 is 2.71 bits per heavy atom. The van der Waals surface area contributed by atoms with Gasteiger partial charge < -0.3 is 5.73 Å². The predicted octanol–water partition coefficient (Wildman–Crippen LogP) is 0.951. The molecule has 6 heteroatoms. The Labute approximate surface area is 97.6 Å². The molecule has 0 aliphatic rings. The molecule has 1 aromatic carbocycles. The van der Waals surface area contributed by atoms with Gasteiger partial charge in [-0.2, -0.15) is 5.10 Å². The molecule has 0 unspecified atom stereocenters. The lowest BCUT2D eigenvalue weighted by atomic mass is 10.1. The van der Waals surface area contributed by atoms with Gasteiger partial charge in [0, 0.05) is 19.7 Å². The maximum absolute atomic E-state index is 5.94. The van der Waals surface area contributed by atoms with E-state index in [2.05, 4.69) is 15.4 Å². The summed E-state index contributed by atoms with van der Waals surface area (Å²) in [6.45, 7) is 0. The monoisotopic (exact) mass is 228 g/mol. The van der Waals surface area contributed by atoms with Crippen LogP contribution in [0.1, 0.15) is 0 Å². The maximum Gasteiger partial charge on any atom is 0.129 e. The van der Waals surface area contributed by atoms with E-state index in [4.69, 9.17) is 5.73 Å². The van der Waals surface area contributed by atoms with Crippen LogP contribution < -0.4 is 5.73 Å². The molecule has 0 saturated carbocycles. The Hall–Kier alpha value is -2.37. The summed E-state index contributed by atoms with van der Waals surface area (Å²) < 4.78 is 3.39. The number of nitrogens with two attached hydrogens (primary N) is 1. The first-order valence-corrected chi connectivity index (χ1v) is 5.24. The number of anilines is 1. The van der Waals surface area contributed by atoms with Crippen LogP contribution in [0, 0.1) is 0 Å². The van der Waals surface area contributed by atoms with Gasteiger partial charge >= 0.3 is 0 Å². The van der Waals surface area contributed by atoms with Crippen LogP contribution in [0.5, 0.6) is 0 Å². The summed E-state index contributed by atoms with van der Waals surface area (Å²) >= 11 is 0. The van der Waals surface area contributed by atoms with Gasteiger partial charge in [-0.15, -0.1) is 5.10 Å². The van der Waals surface area contributed by atoms with E-state index in [-0.39, 0.29) is 0 Å². The molecule has 3 rings (SSSR count). The van der Waals surface area contributed by atoms with Gasteiger partial charge in [0.1, 0.15) is 11.3 Å². The van der Waals surface area contributed by atoms with Crippen LogP contribution >= 0.6 is 0 Å². The zero-order valence-corrected chi connectivity index (χ0v) is 9.62. The average molecular weight is 228 g/mol. The minimum atomic E-state index is 0.647. The van der Waals surface area contributed by atoms with E-state index < -0.39 is 0 Å². The van der Waals surface area contributed by atoms with Gasteiger partial charge in [0.25, 0.3) is 0 Å². The fourth-order valence-electron chi connectivity index (χ4n) is 1.88. The molecule has 17 heavy (non-hydrogen) atoms. The molecule has 6 nitrogen and oxygen atoms in total. The Balaban J connectivity index is 2.21. The second-order valence-corrected chi connectivity index (χ2v) is 3.98. The third kappa shape index (κ3) is 1.37. The average Bonchev–Trinajstić information content (AvgIpc) is 2.85. The number of nitrogens with zero attached hydrogens (tertiary/aromatic N) is 5. The molecular weight excluding hydrogens is 216 g/mol. The number of nitrogen functional groups attached to an aromatic ring is 1. The Bertz CT molecular complexity index is 693. The molecule has 0 aliphatic carbocycles. The molecule has 0 fully saturated rings. The predicted molar refractivity (Wildman–Crippen MR) is 65.1 cm³/mol. The van der Waals surface area contributed by atoms with E-state index in [9.17, 15) is 0 Å². The molecule has 0 saturated heterocycles. The second-order valence-electron chi connectivity index (χ2n) is 3.98. The van der Waals surface area contributed by atoms with E-state index in [1.54, 1.807) is 15.6 Å². The van der Waals surface area contributed by atoms with Crippen molar-refractivity contribution in [2.24, 2.45) is 14.1 Å². The second kappa shape index (κ2) is 3.31. The molecule has 2 aromatic heterocycles. The third-order valence-electron chi connectivity index (χ3n) is 2.91. The third-order valence-corrected chi connectivity index (χ3v) is 2.91. The van der Waals surface area contributed by atoms with Crippen LogP contribution in [0.3, 0.4) is 0 Å². The van der Waals surface area contributed by atoms with Crippen LogP contribution in [0.15, 0.2) is 24.4 Å². The Morgan fingerprint density at radius 1 is 1.18 bits per heavy atom. The van der Waals surface area contributed by atoms with E-state index in [1.807, 2.05) is 32.3 Å². The summed E-state index contributed by atoms with van der Waals surface area (Å²) in [6, 6.07) is 5.95. The first-order valence-electron chi connectivity index (χ1n) is 5.24. The Morgan fingerprint density at radius 2 is 2.00 bits per heavy atom. The van der Waals surface area contributed by atoms with Crippen molar-refractivity contribution >= 4 is 16.9 Å². The van der Waals surface area contributed by atoms with Gasteiger partial charge in [-0.25, -0.2) is 4.68 Å². The number of aryl methyl sites for hydroxylation is 2. The number of hydrogen-bond donors (Lipinski definition) is 1. The lowest BCUT2D eigenvalue weighted by Crippen LogP contribution is -1.98. The van der Waals surface area contributed by atoms with Gasteiger partial charge in [-0.05, 0) is 17.7 Å². The minimum Gasteiger partial charge on any atom is -0.383 e. The van der Waals surface area contributed by atoms with Gasteiger partial charge in [0.2, 0.25) is 0 Å². The van der Waals surface area contributed by atoms with Gasteiger partial charge in [-0.1, -0.05) is 11.3 Å². The standard InChI is InChI=1S/C11H12N6/c1-16-10-4-3-7(5-9(10)14-15-16)8-6-13-17(2)11(8)12/h3-6H,12H2,1-2H3. The lowest BCUT2D eigenvalue weighted by molar-refractivity contribution is 0.736. The van der Waals surface area contributed by atoms with Crippen LogP contribution in [-0.4, -0.2) is 24.8 Å². The van der Waals surface area contributed by atoms with E-state index in [0.717, 1.165) is 22.2 Å². The lowest BCUT2D eigenvalue weighted by Gasteiger charge is -2.00. The highest BCUT2D eigenvalue weighted by atomic mass is 15.4.